The van der Waals surface area contributed by atoms with Gasteiger partial charge in [0.25, 0.3) is 0 Å². The van der Waals surface area contributed by atoms with Gasteiger partial charge in [0.05, 0.1) is 0 Å². The minimum Gasteiger partial charge on any atom is -0.457 e. The lowest BCUT2D eigenvalue weighted by Crippen LogP contribution is -2.27. The number of nitrogens with two attached hydrogens (primary N) is 2. The van der Waals surface area contributed by atoms with Gasteiger partial charge in [0.2, 0.25) is 5.91 Å². The highest BCUT2D eigenvalue weighted by atomic mass is 16.5. The Morgan fingerprint density at radius 2 is 1.66 bits per heavy atom. The van der Waals surface area contributed by atoms with Gasteiger partial charge in [-0.3, -0.25) is 9.20 Å². The molecule has 2 aromatic carbocycles. The Labute approximate surface area is 186 Å². The van der Waals surface area contributed by atoms with Gasteiger partial charge in [-0.25, -0.2) is 9.97 Å². The molecule has 2 aromatic heterocycles. The average Bonchev–Trinajstić information content (AvgIpc) is 3.21. The van der Waals surface area contributed by atoms with Crippen molar-refractivity contribution in [1.29, 1.82) is 0 Å². The van der Waals surface area contributed by atoms with Crippen molar-refractivity contribution in [1.82, 2.24) is 14.4 Å². The number of amides is 1. The number of imidazole rings is 1. The summed E-state index contributed by atoms with van der Waals surface area (Å²) in [4.78, 5) is 20.9. The molecule has 0 spiro atoms. The Kier molecular flexibility index (Phi) is 5.23. The lowest BCUT2D eigenvalue weighted by atomic mass is 9.81. The van der Waals surface area contributed by atoms with Gasteiger partial charge in [-0.05, 0) is 62.1 Å². The molecule has 1 fully saturated rings. The molecular formula is C25H25N5O2. The maximum absolute atomic E-state index is 11.6. The zero-order chi connectivity index (χ0) is 22.1. The van der Waals surface area contributed by atoms with E-state index in [0.29, 0.717) is 5.82 Å². The molecule has 1 aliphatic carbocycles. The molecule has 1 saturated carbocycles. The molecule has 0 atom stereocenters. The molecule has 0 radical (unpaired) electrons. The predicted octanol–water partition coefficient (Wildman–Crippen LogP) is 4.53. The molecular weight excluding hydrogens is 402 g/mol. The maximum atomic E-state index is 11.6. The van der Waals surface area contributed by atoms with E-state index in [1.807, 2.05) is 65.2 Å². The first kappa shape index (κ1) is 20.1. The van der Waals surface area contributed by atoms with Crippen LogP contribution in [0.3, 0.4) is 0 Å². The SMILES string of the molecule is Nc1nccn2c1c(-c1ccc(Oc3ccccc3)cc1)nc2[C@H]1CC[C@H](C(N)=O)CC1. The number of benzene rings is 2. The second kappa shape index (κ2) is 8.34. The number of nitrogens with zero attached hydrogens (tertiary/aromatic N) is 3. The van der Waals surface area contributed by atoms with Crippen molar-refractivity contribution in [3.8, 4) is 22.8 Å². The van der Waals surface area contributed by atoms with Crippen LogP contribution in [0.5, 0.6) is 11.5 Å². The van der Waals surface area contributed by atoms with Gasteiger partial charge in [-0.15, -0.1) is 0 Å². The topological polar surface area (TPSA) is 109 Å². The Morgan fingerprint density at radius 1 is 0.969 bits per heavy atom. The van der Waals surface area contributed by atoms with Gasteiger partial charge in [-0.1, -0.05) is 18.2 Å². The number of aromatic nitrogens is 3. The van der Waals surface area contributed by atoms with Crippen LogP contribution in [0.1, 0.15) is 37.4 Å². The normalized spacial score (nSPS) is 18.5. The number of hydrogen-bond donors (Lipinski definition) is 2. The van der Waals surface area contributed by atoms with Gasteiger partial charge in [0.1, 0.15) is 34.4 Å². The molecule has 0 aliphatic heterocycles. The van der Waals surface area contributed by atoms with Crippen LogP contribution in [0.2, 0.25) is 0 Å². The summed E-state index contributed by atoms with van der Waals surface area (Å²) >= 11 is 0. The first-order valence-electron chi connectivity index (χ1n) is 10.8. The van der Waals surface area contributed by atoms with Gasteiger partial charge in [-0.2, -0.15) is 0 Å². The number of fused-ring (bicyclic) bond motifs is 1. The molecule has 0 saturated heterocycles. The summed E-state index contributed by atoms with van der Waals surface area (Å²) in [6.45, 7) is 0. The number of anilines is 1. The minimum absolute atomic E-state index is 0.0409. The van der Waals surface area contributed by atoms with Gasteiger partial charge in [0, 0.05) is 29.8 Å². The summed E-state index contributed by atoms with van der Waals surface area (Å²) in [5, 5.41) is 0. The van der Waals surface area contributed by atoms with Crippen LogP contribution in [-0.4, -0.2) is 20.3 Å². The molecule has 32 heavy (non-hydrogen) atoms. The largest absolute Gasteiger partial charge is 0.457 e. The first-order valence-corrected chi connectivity index (χ1v) is 10.8. The minimum atomic E-state index is -0.205. The van der Waals surface area contributed by atoms with E-state index in [9.17, 15) is 4.79 Å². The lowest BCUT2D eigenvalue weighted by molar-refractivity contribution is -0.122. The van der Waals surface area contributed by atoms with Crippen molar-refractivity contribution < 1.29 is 9.53 Å². The summed E-state index contributed by atoms with van der Waals surface area (Å²) in [7, 11) is 0. The number of nitrogen functional groups attached to an aromatic ring is 1. The van der Waals surface area contributed by atoms with Gasteiger partial charge >= 0.3 is 0 Å². The fraction of sp³-hybridized carbons (Fsp3) is 0.240. The first-order chi connectivity index (χ1) is 15.6. The van der Waals surface area contributed by atoms with Crippen molar-refractivity contribution >= 4 is 17.2 Å². The van der Waals surface area contributed by atoms with Crippen molar-refractivity contribution in [2.75, 3.05) is 5.73 Å². The molecule has 4 aromatic rings. The number of hydrogen-bond acceptors (Lipinski definition) is 5. The molecule has 7 nitrogen and oxygen atoms in total. The predicted molar refractivity (Wildman–Crippen MR) is 123 cm³/mol. The fourth-order valence-corrected chi connectivity index (χ4v) is 4.52. The number of carbonyl (C=O) groups is 1. The van der Waals surface area contributed by atoms with E-state index in [1.165, 1.54) is 0 Å². The Balaban J connectivity index is 1.47. The van der Waals surface area contributed by atoms with Crippen molar-refractivity contribution in [2.45, 2.75) is 31.6 Å². The van der Waals surface area contributed by atoms with Crippen LogP contribution in [-0.2, 0) is 4.79 Å². The smallest absolute Gasteiger partial charge is 0.220 e. The molecule has 0 unspecified atom stereocenters. The second-order valence-corrected chi connectivity index (χ2v) is 8.24. The molecule has 1 aliphatic rings. The van der Waals surface area contributed by atoms with E-state index < -0.39 is 0 Å². The molecule has 5 rings (SSSR count). The number of carbonyl (C=O) groups excluding carboxylic acids is 1. The van der Waals surface area contributed by atoms with Crippen LogP contribution < -0.4 is 16.2 Å². The van der Waals surface area contributed by atoms with E-state index in [2.05, 4.69) is 4.98 Å². The molecule has 162 valence electrons. The highest BCUT2D eigenvalue weighted by Crippen LogP contribution is 2.38. The Morgan fingerprint density at radius 3 is 2.34 bits per heavy atom. The Hall–Kier alpha value is -3.87. The third kappa shape index (κ3) is 3.77. The van der Waals surface area contributed by atoms with E-state index in [-0.39, 0.29) is 17.7 Å². The number of primary amides is 1. The molecule has 2 heterocycles. The zero-order valence-corrected chi connectivity index (χ0v) is 17.6. The summed E-state index contributed by atoms with van der Waals surface area (Å²) < 4.78 is 7.95. The fourth-order valence-electron chi connectivity index (χ4n) is 4.52. The van der Waals surface area contributed by atoms with E-state index in [4.69, 9.17) is 21.2 Å². The summed E-state index contributed by atoms with van der Waals surface area (Å²) in [5.41, 5.74) is 14.3. The van der Waals surface area contributed by atoms with Gasteiger partial charge < -0.3 is 16.2 Å². The molecule has 1 amide bonds. The molecule has 7 heteroatoms. The van der Waals surface area contributed by atoms with Crippen LogP contribution in [0.25, 0.3) is 16.8 Å². The zero-order valence-electron chi connectivity index (χ0n) is 17.6. The highest BCUT2D eigenvalue weighted by Gasteiger charge is 2.29. The number of ether oxygens (including phenoxy) is 1. The highest BCUT2D eigenvalue weighted by molar-refractivity contribution is 5.85. The van der Waals surface area contributed by atoms with Crippen LogP contribution in [0, 0.1) is 5.92 Å². The molecule has 4 N–H and O–H groups in total. The third-order valence-electron chi connectivity index (χ3n) is 6.21. The van der Waals surface area contributed by atoms with Crippen LogP contribution >= 0.6 is 0 Å². The average molecular weight is 428 g/mol. The number of para-hydroxylation sites is 1. The van der Waals surface area contributed by atoms with Crippen LogP contribution in [0.4, 0.5) is 5.82 Å². The van der Waals surface area contributed by atoms with E-state index in [0.717, 1.165) is 59.8 Å². The van der Waals surface area contributed by atoms with Crippen LogP contribution in [0.15, 0.2) is 67.0 Å². The second-order valence-electron chi connectivity index (χ2n) is 8.24. The summed E-state index contributed by atoms with van der Waals surface area (Å²) in [5.74, 6) is 2.93. The van der Waals surface area contributed by atoms with E-state index >= 15 is 0 Å². The monoisotopic (exact) mass is 427 g/mol. The third-order valence-corrected chi connectivity index (χ3v) is 6.21. The maximum Gasteiger partial charge on any atom is 0.220 e. The number of rotatable bonds is 5. The molecule has 0 bridgehead atoms. The summed E-state index contributed by atoms with van der Waals surface area (Å²) in [6, 6.07) is 17.5. The van der Waals surface area contributed by atoms with E-state index in [1.54, 1.807) is 6.20 Å². The Bertz CT molecular complexity index is 1240. The standard InChI is InChI=1S/C25H25N5O2/c26-23-22-21(16-10-12-20(13-11-16)32-19-4-2-1-3-5-19)29-25(30(22)15-14-28-23)18-8-6-17(7-9-18)24(27)31/h1-5,10-15,17-18H,6-9H2,(H2,26,28)(H2,27,31)/t17-,18-. The van der Waals surface area contributed by atoms with Crippen molar-refractivity contribution in [3.05, 3.63) is 72.8 Å². The van der Waals surface area contributed by atoms with Crippen molar-refractivity contribution in [3.63, 3.8) is 0 Å². The quantitative estimate of drug-likeness (QED) is 0.486. The lowest BCUT2D eigenvalue weighted by Gasteiger charge is -2.25. The summed E-state index contributed by atoms with van der Waals surface area (Å²) in [6.07, 6.45) is 6.93. The van der Waals surface area contributed by atoms with Crippen molar-refractivity contribution in [2.24, 2.45) is 11.7 Å². The van der Waals surface area contributed by atoms with Gasteiger partial charge in [0.15, 0.2) is 0 Å².